The molecule has 2 nitrogen and oxygen atoms in total. The second-order valence-corrected chi connectivity index (χ2v) is 6.67. The Morgan fingerprint density at radius 2 is 1.72 bits per heavy atom. The van der Waals surface area contributed by atoms with Gasteiger partial charge in [-0.3, -0.25) is 0 Å². The summed E-state index contributed by atoms with van der Waals surface area (Å²) in [5.74, 6) is 1.97. The fourth-order valence-corrected chi connectivity index (χ4v) is 3.89. The molecule has 0 heterocycles. The first kappa shape index (κ1) is 14.3. The Balaban J connectivity index is 1.57. The molecule has 0 unspecified atom stereocenters. The zero-order valence-electron chi connectivity index (χ0n) is 12.2. The maximum absolute atomic E-state index is 6.16. The highest BCUT2D eigenvalue weighted by Crippen LogP contribution is 2.32. The first-order valence-corrected chi connectivity index (χ1v) is 8.26. The van der Waals surface area contributed by atoms with Gasteiger partial charge in [0.25, 0.3) is 0 Å². The molecule has 2 aliphatic rings. The molecule has 0 aliphatic heterocycles. The van der Waals surface area contributed by atoms with Crippen molar-refractivity contribution in [1.82, 2.24) is 5.32 Å². The Morgan fingerprint density at radius 1 is 1.00 bits per heavy atom. The molecular weight excluding hydrogens is 220 g/mol. The van der Waals surface area contributed by atoms with E-state index in [2.05, 4.69) is 12.2 Å². The van der Waals surface area contributed by atoms with Crippen molar-refractivity contribution in [3.8, 4) is 0 Å². The lowest BCUT2D eigenvalue weighted by atomic mass is 9.78. The van der Waals surface area contributed by atoms with Crippen LogP contribution in [0.1, 0.15) is 71.1 Å². The molecule has 0 radical (unpaired) electrons. The minimum absolute atomic E-state index is 0.410. The van der Waals surface area contributed by atoms with Crippen LogP contribution in [0.25, 0.3) is 0 Å². The lowest BCUT2D eigenvalue weighted by molar-refractivity contribution is 0.234. The Labute approximate surface area is 113 Å². The van der Waals surface area contributed by atoms with Gasteiger partial charge in [0, 0.05) is 12.1 Å². The summed E-state index contributed by atoms with van der Waals surface area (Å²) < 4.78 is 0. The Hall–Kier alpha value is -0.0800. The van der Waals surface area contributed by atoms with E-state index >= 15 is 0 Å². The summed E-state index contributed by atoms with van der Waals surface area (Å²) in [4.78, 5) is 0. The van der Waals surface area contributed by atoms with Crippen LogP contribution in [-0.2, 0) is 0 Å². The lowest BCUT2D eigenvalue weighted by Crippen LogP contribution is -2.47. The number of hydrogen-bond donors (Lipinski definition) is 2. The molecule has 0 aromatic carbocycles. The standard InChI is InChI=1S/C16H32N2/c1-13-7-2-3-8-14(13)9-6-12-18-16-11-5-4-10-15(16)17/h13-16,18H,2-12,17H2,1H3/t13-,14+,15-,16-/m0/s1. The summed E-state index contributed by atoms with van der Waals surface area (Å²) in [7, 11) is 0. The van der Waals surface area contributed by atoms with Gasteiger partial charge in [-0.15, -0.1) is 0 Å². The number of nitrogens with one attached hydrogen (secondary N) is 1. The van der Waals surface area contributed by atoms with Gasteiger partial charge >= 0.3 is 0 Å². The molecule has 2 fully saturated rings. The molecule has 3 N–H and O–H groups in total. The monoisotopic (exact) mass is 252 g/mol. The van der Waals surface area contributed by atoms with Crippen LogP contribution in [0.5, 0.6) is 0 Å². The topological polar surface area (TPSA) is 38.0 Å². The van der Waals surface area contributed by atoms with Crippen molar-refractivity contribution in [3.05, 3.63) is 0 Å². The highest BCUT2D eigenvalue weighted by molar-refractivity contribution is 4.83. The maximum atomic E-state index is 6.16. The zero-order valence-corrected chi connectivity index (χ0v) is 12.2. The largest absolute Gasteiger partial charge is 0.326 e. The van der Waals surface area contributed by atoms with Crippen LogP contribution in [0.15, 0.2) is 0 Å². The Bertz CT molecular complexity index is 205. The molecular formula is C16H32N2. The first-order chi connectivity index (χ1) is 8.77. The van der Waals surface area contributed by atoms with Crippen molar-refractivity contribution in [3.63, 3.8) is 0 Å². The van der Waals surface area contributed by atoms with Gasteiger partial charge in [-0.1, -0.05) is 45.4 Å². The molecule has 2 rings (SSSR count). The van der Waals surface area contributed by atoms with Crippen molar-refractivity contribution in [1.29, 1.82) is 0 Å². The second kappa shape index (κ2) is 7.49. The van der Waals surface area contributed by atoms with Gasteiger partial charge < -0.3 is 11.1 Å². The summed E-state index contributed by atoms with van der Waals surface area (Å²) in [6.07, 6.45) is 13.9. The van der Waals surface area contributed by atoms with Crippen molar-refractivity contribution in [2.24, 2.45) is 17.6 Å². The average molecular weight is 252 g/mol. The summed E-state index contributed by atoms with van der Waals surface area (Å²) >= 11 is 0. The van der Waals surface area contributed by atoms with Gasteiger partial charge in [0.05, 0.1) is 0 Å². The van der Waals surface area contributed by atoms with Gasteiger partial charge in [0.2, 0.25) is 0 Å². The van der Waals surface area contributed by atoms with E-state index in [9.17, 15) is 0 Å². The smallest absolute Gasteiger partial charge is 0.0219 e. The Morgan fingerprint density at radius 3 is 2.50 bits per heavy atom. The van der Waals surface area contributed by atoms with E-state index in [0.717, 1.165) is 11.8 Å². The van der Waals surface area contributed by atoms with Gasteiger partial charge in [0.15, 0.2) is 0 Å². The van der Waals surface area contributed by atoms with Crippen molar-refractivity contribution in [2.45, 2.75) is 83.2 Å². The average Bonchev–Trinajstić information content (AvgIpc) is 2.38. The first-order valence-electron chi connectivity index (χ1n) is 8.26. The van der Waals surface area contributed by atoms with E-state index in [1.54, 1.807) is 0 Å². The lowest BCUT2D eigenvalue weighted by Gasteiger charge is -2.31. The van der Waals surface area contributed by atoms with E-state index in [-0.39, 0.29) is 0 Å². The minimum atomic E-state index is 0.410. The molecule has 4 atom stereocenters. The van der Waals surface area contributed by atoms with Crippen LogP contribution in [0, 0.1) is 11.8 Å². The van der Waals surface area contributed by atoms with Crippen LogP contribution in [0.3, 0.4) is 0 Å². The summed E-state index contributed by atoms with van der Waals surface area (Å²) in [6.45, 7) is 3.63. The van der Waals surface area contributed by atoms with E-state index in [1.807, 2.05) is 0 Å². The molecule has 18 heavy (non-hydrogen) atoms. The predicted molar refractivity (Wildman–Crippen MR) is 78.6 cm³/mol. The van der Waals surface area contributed by atoms with Crippen molar-refractivity contribution in [2.75, 3.05) is 6.54 Å². The third kappa shape index (κ3) is 4.24. The number of nitrogens with two attached hydrogens (primary N) is 1. The molecule has 106 valence electrons. The summed E-state index contributed by atoms with van der Waals surface area (Å²) in [6, 6.07) is 1.01. The normalized spacial score (nSPS) is 37.7. The predicted octanol–water partition coefficient (Wildman–Crippen LogP) is 3.45. The molecule has 2 aliphatic carbocycles. The van der Waals surface area contributed by atoms with Crippen LogP contribution < -0.4 is 11.1 Å². The van der Waals surface area contributed by atoms with Gasteiger partial charge in [0.1, 0.15) is 0 Å². The third-order valence-corrected chi connectivity index (χ3v) is 5.27. The highest BCUT2D eigenvalue weighted by atomic mass is 14.9. The molecule has 0 aromatic rings. The SMILES string of the molecule is C[C@H]1CCCC[C@@H]1CCCN[C@H]1CCCC[C@@H]1N. The third-order valence-electron chi connectivity index (χ3n) is 5.27. The van der Waals surface area contributed by atoms with Gasteiger partial charge in [-0.25, -0.2) is 0 Å². The van der Waals surface area contributed by atoms with Crippen LogP contribution >= 0.6 is 0 Å². The maximum Gasteiger partial charge on any atom is 0.0219 e. The fourth-order valence-electron chi connectivity index (χ4n) is 3.89. The molecule has 0 spiro atoms. The molecule has 0 aromatic heterocycles. The second-order valence-electron chi connectivity index (χ2n) is 6.67. The van der Waals surface area contributed by atoms with E-state index < -0.39 is 0 Å². The molecule has 2 heteroatoms. The minimum Gasteiger partial charge on any atom is -0.326 e. The summed E-state index contributed by atoms with van der Waals surface area (Å²) in [5, 5.41) is 3.70. The van der Waals surface area contributed by atoms with Crippen LogP contribution in [0.4, 0.5) is 0 Å². The van der Waals surface area contributed by atoms with Crippen LogP contribution in [-0.4, -0.2) is 18.6 Å². The van der Waals surface area contributed by atoms with Crippen molar-refractivity contribution >= 4 is 0 Å². The van der Waals surface area contributed by atoms with E-state index in [1.165, 1.54) is 70.8 Å². The molecule has 0 saturated heterocycles. The van der Waals surface area contributed by atoms with E-state index in [0.29, 0.717) is 12.1 Å². The highest BCUT2D eigenvalue weighted by Gasteiger charge is 2.22. The van der Waals surface area contributed by atoms with E-state index in [4.69, 9.17) is 5.73 Å². The van der Waals surface area contributed by atoms with Crippen LogP contribution in [0.2, 0.25) is 0 Å². The molecule has 2 saturated carbocycles. The Kier molecular flexibility index (Phi) is 5.97. The van der Waals surface area contributed by atoms with Crippen molar-refractivity contribution < 1.29 is 0 Å². The quantitative estimate of drug-likeness (QED) is 0.735. The van der Waals surface area contributed by atoms with Gasteiger partial charge in [-0.05, 0) is 44.1 Å². The molecule has 0 amide bonds. The number of hydrogen-bond acceptors (Lipinski definition) is 2. The zero-order chi connectivity index (χ0) is 12.8. The molecule has 0 bridgehead atoms. The van der Waals surface area contributed by atoms with Gasteiger partial charge in [-0.2, -0.15) is 0 Å². The fraction of sp³-hybridized carbons (Fsp3) is 1.00. The summed E-state index contributed by atoms with van der Waals surface area (Å²) in [5.41, 5.74) is 6.16. The number of rotatable bonds is 5.